The summed E-state index contributed by atoms with van der Waals surface area (Å²) in [7, 11) is 0. The number of nitrogens with two attached hydrogens (primary N) is 1. The SMILES string of the molecule is CCOCCc1ccc(CN)cc1. The molecule has 1 aromatic carbocycles. The fraction of sp³-hybridized carbons (Fsp3) is 0.455. The summed E-state index contributed by atoms with van der Waals surface area (Å²) in [6, 6.07) is 8.37. The first-order valence-electron chi connectivity index (χ1n) is 4.72. The maximum atomic E-state index is 5.50. The second-order valence-electron chi connectivity index (χ2n) is 2.97. The van der Waals surface area contributed by atoms with Crippen LogP contribution < -0.4 is 5.73 Å². The third kappa shape index (κ3) is 3.57. The normalized spacial score (nSPS) is 10.3. The molecule has 0 saturated heterocycles. The molecule has 13 heavy (non-hydrogen) atoms. The molecule has 0 aliphatic rings. The van der Waals surface area contributed by atoms with Crippen LogP contribution in [-0.4, -0.2) is 13.2 Å². The molecule has 2 N–H and O–H groups in total. The molecule has 0 aliphatic heterocycles. The van der Waals surface area contributed by atoms with Gasteiger partial charge in [-0.05, 0) is 24.5 Å². The zero-order valence-corrected chi connectivity index (χ0v) is 8.12. The van der Waals surface area contributed by atoms with E-state index in [1.165, 1.54) is 11.1 Å². The molecule has 0 radical (unpaired) electrons. The molecule has 0 aliphatic carbocycles. The lowest BCUT2D eigenvalue weighted by Gasteiger charge is -2.02. The second kappa shape index (κ2) is 5.73. The van der Waals surface area contributed by atoms with Crippen molar-refractivity contribution in [3.63, 3.8) is 0 Å². The van der Waals surface area contributed by atoms with Crippen molar-refractivity contribution in [2.45, 2.75) is 19.9 Å². The van der Waals surface area contributed by atoms with E-state index in [4.69, 9.17) is 10.5 Å². The van der Waals surface area contributed by atoms with Crippen LogP contribution in [0.25, 0.3) is 0 Å². The van der Waals surface area contributed by atoms with Crippen molar-refractivity contribution in [3.8, 4) is 0 Å². The van der Waals surface area contributed by atoms with E-state index in [9.17, 15) is 0 Å². The molecule has 1 aromatic rings. The van der Waals surface area contributed by atoms with Gasteiger partial charge in [0.1, 0.15) is 0 Å². The predicted molar refractivity (Wildman–Crippen MR) is 54.5 cm³/mol. The molecule has 2 nitrogen and oxygen atoms in total. The number of rotatable bonds is 5. The van der Waals surface area contributed by atoms with Crippen LogP contribution >= 0.6 is 0 Å². The van der Waals surface area contributed by atoms with Crippen molar-refractivity contribution in [2.24, 2.45) is 5.73 Å². The van der Waals surface area contributed by atoms with Gasteiger partial charge in [-0.25, -0.2) is 0 Å². The molecule has 0 saturated carbocycles. The third-order valence-corrected chi connectivity index (χ3v) is 2.00. The Labute approximate surface area is 79.7 Å². The van der Waals surface area contributed by atoms with E-state index >= 15 is 0 Å². The Morgan fingerprint density at radius 3 is 2.31 bits per heavy atom. The summed E-state index contributed by atoms with van der Waals surface area (Å²) in [4.78, 5) is 0. The highest BCUT2D eigenvalue weighted by molar-refractivity contribution is 5.22. The van der Waals surface area contributed by atoms with Gasteiger partial charge < -0.3 is 10.5 Å². The number of benzene rings is 1. The van der Waals surface area contributed by atoms with Crippen molar-refractivity contribution >= 4 is 0 Å². The molecule has 0 aromatic heterocycles. The lowest BCUT2D eigenvalue weighted by Crippen LogP contribution is -1.99. The summed E-state index contributed by atoms with van der Waals surface area (Å²) < 4.78 is 5.27. The van der Waals surface area contributed by atoms with Crippen LogP contribution in [0.15, 0.2) is 24.3 Å². The van der Waals surface area contributed by atoms with Crippen molar-refractivity contribution < 1.29 is 4.74 Å². The van der Waals surface area contributed by atoms with E-state index in [1.807, 2.05) is 6.92 Å². The van der Waals surface area contributed by atoms with Crippen molar-refractivity contribution in [1.82, 2.24) is 0 Å². The molecule has 0 bridgehead atoms. The Bertz CT molecular complexity index is 230. The predicted octanol–water partition coefficient (Wildman–Crippen LogP) is 1.72. The Hall–Kier alpha value is -0.860. The summed E-state index contributed by atoms with van der Waals surface area (Å²) in [6.45, 7) is 4.22. The monoisotopic (exact) mass is 179 g/mol. The van der Waals surface area contributed by atoms with Crippen LogP contribution in [0.4, 0.5) is 0 Å². The minimum atomic E-state index is 0.617. The van der Waals surface area contributed by atoms with E-state index in [0.29, 0.717) is 6.54 Å². The molecular formula is C11H17NO. The maximum Gasteiger partial charge on any atom is 0.0506 e. The van der Waals surface area contributed by atoms with Gasteiger partial charge in [-0.1, -0.05) is 24.3 Å². The Kier molecular flexibility index (Phi) is 4.50. The minimum absolute atomic E-state index is 0.617. The van der Waals surface area contributed by atoms with Gasteiger partial charge in [0, 0.05) is 13.2 Å². The first-order valence-corrected chi connectivity index (χ1v) is 4.72. The highest BCUT2D eigenvalue weighted by Crippen LogP contribution is 2.04. The van der Waals surface area contributed by atoms with Crippen LogP contribution in [-0.2, 0) is 17.7 Å². The van der Waals surface area contributed by atoms with Gasteiger partial charge in [0.15, 0.2) is 0 Å². The van der Waals surface area contributed by atoms with Gasteiger partial charge in [0.2, 0.25) is 0 Å². The van der Waals surface area contributed by atoms with E-state index in [1.54, 1.807) is 0 Å². The quantitative estimate of drug-likeness (QED) is 0.698. The molecular weight excluding hydrogens is 162 g/mol. The van der Waals surface area contributed by atoms with Gasteiger partial charge >= 0.3 is 0 Å². The third-order valence-electron chi connectivity index (χ3n) is 2.00. The van der Waals surface area contributed by atoms with Crippen LogP contribution in [0.1, 0.15) is 18.1 Å². The first-order chi connectivity index (χ1) is 6.36. The van der Waals surface area contributed by atoms with E-state index in [-0.39, 0.29) is 0 Å². The second-order valence-corrected chi connectivity index (χ2v) is 2.97. The zero-order valence-electron chi connectivity index (χ0n) is 8.12. The molecule has 2 heteroatoms. The molecule has 0 atom stereocenters. The Morgan fingerprint density at radius 2 is 1.77 bits per heavy atom. The van der Waals surface area contributed by atoms with Gasteiger partial charge in [-0.3, -0.25) is 0 Å². The van der Waals surface area contributed by atoms with E-state index in [0.717, 1.165) is 19.6 Å². The average molecular weight is 179 g/mol. The van der Waals surface area contributed by atoms with Gasteiger partial charge in [-0.15, -0.1) is 0 Å². The van der Waals surface area contributed by atoms with Crippen LogP contribution in [0.5, 0.6) is 0 Å². The Balaban J connectivity index is 2.40. The lowest BCUT2D eigenvalue weighted by molar-refractivity contribution is 0.151. The number of hydrogen-bond donors (Lipinski definition) is 1. The summed E-state index contributed by atoms with van der Waals surface area (Å²) in [6.07, 6.45) is 0.985. The summed E-state index contributed by atoms with van der Waals surface area (Å²) >= 11 is 0. The van der Waals surface area contributed by atoms with Gasteiger partial charge in [0.25, 0.3) is 0 Å². The molecule has 0 amide bonds. The molecule has 0 heterocycles. The van der Waals surface area contributed by atoms with Gasteiger partial charge in [0.05, 0.1) is 6.61 Å². The summed E-state index contributed by atoms with van der Waals surface area (Å²) in [5.74, 6) is 0. The van der Waals surface area contributed by atoms with Crippen LogP contribution in [0, 0.1) is 0 Å². The molecule has 0 spiro atoms. The zero-order chi connectivity index (χ0) is 9.52. The van der Waals surface area contributed by atoms with Gasteiger partial charge in [-0.2, -0.15) is 0 Å². The Morgan fingerprint density at radius 1 is 1.15 bits per heavy atom. The van der Waals surface area contributed by atoms with Crippen molar-refractivity contribution in [1.29, 1.82) is 0 Å². The maximum absolute atomic E-state index is 5.50. The minimum Gasteiger partial charge on any atom is -0.381 e. The molecule has 1 rings (SSSR count). The fourth-order valence-corrected chi connectivity index (χ4v) is 1.18. The van der Waals surface area contributed by atoms with Crippen molar-refractivity contribution in [3.05, 3.63) is 35.4 Å². The fourth-order valence-electron chi connectivity index (χ4n) is 1.18. The smallest absolute Gasteiger partial charge is 0.0506 e. The highest BCUT2D eigenvalue weighted by atomic mass is 16.5. The summed E-state index contributed by atoms with van der Waals surface area (Å²) in [5.41, 5.74) is 7.99. The van der Waals surface area contributed by atoms with Crippen molar-refractivity contribution in [2.75, 3.05) is 13.2 Å². The standard InChI is InChI=1S/C11H17NO/c1-2-13-8-7-10-3-5-11(9-12)6-4-10/h3-6H,2,7-9,12H2,1H3. The first kappa shape index (κ1) is 10.2. The number of ether oxygens (including phenoxy) is 1. The van der Waals surface area contributed by atoms with Crippen LogP contribution in [0.3, 0.4) is 0 Å². The van der Waals surface area contributed by atoms with E-state index in [2.05, 4.69) is 24.3 Å². The number of hydrogen-bond acceptors (Lipinski definition) is 2. The highest BCUT2D eigenvalue weighted by Gasteiger charge is 1.93. The molecule has 0 fully saturated rings. The summed E-state index contributed by atoms with van der Waals surface area (Å²) in [5, 5.41) is 0. The lowest BCUT2D eigenvalue weighted by atomic mass is 10.1. The molecule has 0 unspecified atom stereocenters. The topological polar surface area (TPSA) is 35.2 Å². The molecule has 72 valence electrons. The van der Waals surface area contributed by atoms with Crippen LogP contribution in [0.2, 0.25) is 0 Å². The average Bonchev–Trinajstić information content (AvgIpc) is 2.19. The van der Waals surface area contributed by atoms with E-state index < -0.39 is 0 Å². The largest absolute Gasteiger partial charge is 0.381 e.